The minimum absolute atomic E-state index is 0.285. The molecule has 1 aliphatic rings. The van der Waals surface area contributed by atoms with E-state index in [0.29, 0.717) is 6.61 Å². The molecule has 0 aliphatic carbocycles. The van der Waals surface area contributed by atoms with Gasteiger partial charge in [-0.25, -0.2) is 5.90 Å². The largest absolute Gasteiger partial charge is 0.493 e. The van der Waals surface area contributed by atoms with Crippen molar-refractivity contribution in [1.82, 2.24) is 0 Å². The van der Waals surface area contributed by atoms with Crippen LogP contribution in [0.2, 0.25) is 0 Å². The van der Waals surface area contributed by atoms with Crippen molar-refractivity contribution in [1.29, 1.82) is 0 Å². The van der Waals surface area contributed by atoms with Gasteiger partial charge in [0.05, 0.1) is 13.2 Å². The van der Waals surface area contributed by atoms with E-state index in [1.54, 1.807) is 0 Å². The maximum absolute atomic E-state index is 5.60. The Kier molecular flexibility index (Phi) is 2.70. The summed E-state index contributed by atoms with van der Waals surface area (Å²) in [6.07, 6.45) is 1.01. The Morgan fingerprint density at radius 1 is 1.57 bits per heavy atom. The van der Waals surface area contributed by atoms with E-state index >= 15 is 0 Å². The summed E-state index contributed by atoms with van der Waals surface area (Å²) in [5.74, 6) is 6.40. The fourth-order valence-corrected chi connectivity index (χ4v) is 1.86. The number of hydrogen-bond donors (Lipinski definition) is 1. The molecule has 0 bridgehead atoms. The third kappa shape index (κ3) is 1.61. The van der Waals surface area contributed by atoms with Gasteiger partial charge in [-0.2, -0.15) is 0 Å². The van der Waals surface area contributed by atoms with E-state index in [4.69, 9.17) is 10.6 Å². The average Bonchev–Trinajstić information content (AvgIpc) is 2.65. The molecule has 1 aromatic rings. The van der Waals surface area contributed by atoms with Crippen molar-refractivity contribution in [2.45, 2.75) is 19.3 Å². The zero-order valence-electron chi connectivity index (χ0n) is 8.32. The molecule has 2 N–H and O–H groups in total. The molecule has 0 fully saturated rings. The summed E-state index contributed by atoms with van der Waals surface area (Å²) in [5, 5.41) is 0. The molecule has 1 aliphatic heterocycles. The number of fused-ring (bicyclic) bond motifs is 1. The van der Waals surface area contributed by atoms with Crippen molar-refractivity contribution >= 4 is 0 Å². The molecule has 0 spiro atoms. The van der Waals surface area contributed by atoms with Crippen LogP contribution in [0.15, 0.2) is 18.2 Å². The molecule has 0 saturated heterocycles. The molecule has 1 atom stereocenters. The molecular weight excluding hydrogens is 178 g/mol. The molecule has 0 aromatic heterocycles. The molecule has 0 saturated carbocycles. The van der Waals surface area contributed by atoms with E-state index in [1.807, 2.05) is 0 Å². The molecule has 76 valence electrons. The van der Waals surface area contributed by atoms with Crippen LogP contribution in [0.25, 0.3) is 0 Å². The van der Waals surface area contributed by atoms with E-state index in [-0.39, 0.29) is 5.92 Å². The fourth-order valence-electron chi connectivity index (χ4n) is 1.86. The van der Waals surface area contributed by atoms with Crippen LogP contribution in [0.3, 0.4) is 0 Å². The number of hydrogen-bond acceptors (Lipinski definition) is 3. The maximum Gasteiger partial charge on any atom is 0.126 e. The summed E-state index contributed by atoms with van der Waals surface area (Å²) in [5.41, 5.74) is 2.50. The van der Waals surface area contributed by atoms with Crippen molar-refractivity contribution < 1.29 is 9.57 Å². The average molecular weight is 193 g/mol. The molecule has 1 unspecified atom stereocenters. The highest BCUT2D eigenvalue weighted by molar-refractivity contribution is 5.45. The summed E-state index contributed by atoms with van der Waals surface area (Å²) in [6.45, 7) is 3.41. The van der Waals surface area contributed by atoms with Gasteiger partial charge in [0.25, 0.3) is 0 Å². The summed E-state index contributed by atoms with van der Waals surface area (Å²) in [4.78, 5) is 4.66. The first kappa shape index (κ1) is 9.49. The SMILES string of the molecule is CC(CON)c1cccc2c1OCC2. The molecule has 1 heterocycles. The van der Waals surface area contributed by atoms with Crippen LogP contribution in [0.5, 0.6) is 5.75 Å². The summed E-state index contributed by atoms with van der Waals surface area (Å²) < 4.78 is 5.60. The van der Waals surface area contributed by atoms with Crippen molar-refractivity contribution in [2.24, 2.45) is 5.90 Å². The minimum Gasteiger partial charge on any atom is -0.493 e. The lowest BCUT2D eigenvalue weighted by Gasteiger charge is -2.13. The highest BCUT2D eigenvalue weighted by Crippen LogP contribution is 2.34. The number of rotatable bonds is 3. The van der Waals surface area contributed by atoms with Crippen LogP contribution in [-0.4, -0.2) is 13.2 Å². The molecule has 0 amide bonds. The van der Waals surface area contributed by atoms with E-state index in [9.17, 15) is 0 Å². The normalized spacial score (nSPS) is 16.1. The van der Waals surface area contributed by atoms with Gasteiger partial charge in [-0.1, -0.05) is 25.1 Å². The lowest BCUT2D eigenvalue weighted by atomic mass is 9.98. The van der Waals surface area contributed by atoms with Crippen molar-refractivity contribution in [2.75, 3.05) is 13.2 Å². The highest BCUT2D eigenvalue weighted by atomic mass is 16.6. The van der Waals surface area contributed by atoms with Crippen LogP contribution in [0.1, 0.15) is 24.0 Å². The zero-order valence-corrected chi connectivity index (χ0v) is 8.32. The first-order valence-corrected chi connectivity index (χ1v) is 4.89. The molecule has 3 nitrogen and oxygen atoms in total. The zero-order chi connectivity index (χ0) is 9.97. The first-order valence-electron chi connectivity index (χ1n) is 4.89. The Balaban J connectivity index is 2.29. The van der Waals surface area contributed by atoms with E-state index in [0.717, 1.165) is 18.8 Å². The second-order valence-corrected chi connectivity index (χ2v) is 3.67. The van der Waals surface area contributed by atoms with Gasteiger partial charge in [-0.05, 0) is 11.1 Å². The Hall–Kier alpha value is -1.06. The molecule has 0 radical (unpaired) electrons. The summed E-state index contributed by atoms with van der Waals surface area (Å²) >= 11 is 0. The van der Waals surface area contributed by atoms with Gasteiger partial charge in [-0.3, -0.25) is 0 Å². The van der Waals surface area contributed by atoms with Gasteiger partial charge >= 0.3 is 0 Å². The van der Waals surface area contributed by atoms with Gasteiger partial charge in [0, 0.05) is 12.3 Å². The molecule has 2 rings (SSSR count). The van der Waals surface area contributed by atoms with E-state index in [2.05, 4.69) is 30.0 Å². The lowest BCUT2D eigenvalue weighted by molar-refractivity contribution is 0.126. The number of benzene rings is 1. The monoisotopic (exact) mass is 193 g/mol. The van der Waals surface area contributed by atoms with Gasteiger partial charge < -0.3 is 9.57 Å². The minimum atomic E-state index is 0.285. The topological polar surface area (TPSA) is 44.5 Å². The predicted molar refractivity (Wildman–Crippen MR) is 54.2 cm³/mol. The molecule has 14 heavy (non-hydrogen) atoms. The first-order chi connectivity index (χ1) is 6.83. The molecular formula is C11H15NO2. The molecule has 3 heteroatoms. The third-order valence-electron chi connectivity index (χ3n) is 2.62. The van der Waals surface area contributed by atoms with Crippen molar-refractivity contribution in [3.05, 3.63) is 29.3 Å². The van der Waals surface area contributed by atoms with Crippen LogP contribution in [-0.2, 0) is 11.3 Å². The lowest BCUT2D eigenvalue weighted by Crippen LogP contribution is -2.09. The smallest absolute Gasteiger partial charge is 0.126 e. The van der Waals surface area contributed by atoms with Crippen LogP contribution in [0, 0.1) is 0 Å². The van der Waals surface area contributed by atoms with Crippen molar-refractivity contribution in [3.63, 3.8) is 0 Å². The Morgan fingerprint density at radius 3 is 3.21 bits per heavy atom. The van der Waals surface area contributed by atoms with Gasteiger partial charge in [-0.15, -0.1) is 0 Å². The van der Waals surface area contributed by atoms with Crippen LogP contribution in [0.4, 0.5) is 0 Å². The Morgan fingerprint density at radius 2 is 2.43 bits per heavy atom. The molecule has 1 aromatic carbocycles. The van der Waals surface area contributed by atoms with Crippen LogP contribution < -0.4 is 10.6 Å². The van der Waals surface area contributed by atoms with Crippen LogP contribution >= 0.6 is 0 Å². The fraction of sp³-hybridized carbons (Fsp3) is 0.455. The maximum atomic E-state index is 5.60. The third-order valence-corrected chi connectivity index (χ3v) is 2.62. The Labute approximate surface area is 83.8 Å². The summed E-state index contributed by atoms with van der Waals surface area (Å²) in [6, 6.07) is 6.26. The number of ether oxygens (including phenoxy) is 1. The highest BCUT2D eigenvalue weighted by Gasteiger charge is 2.19. The quantitative estimate of drug-likeness (QED) is 0.742. The summed E-state index contributed by atoms with van der Waals surface area (Å²) in [7, 11) is 0. The van der Waals surface area contributed by atoms with E-state index < -0.39 is 0 Å². The number of para-hydroxylation sites is 1. The Bertz CT molecular complexity index is 325. The number of nitrogens with two attached hydrogens (primary N) is 1. The van der Waals surface area contributed by atoms with E-state index in [1.165, 1.54) is 11.1 Å². The standard InChI is InChI=1S/C11H15NO2/c1-8(7-14-12)10-4-2-3-9-5-6-13-11(9)10/h2-4,8H,5-7,12H2,1H3. The second kappa shape index (κ2) is 3.98. The van der Waals surface area contributed by atoms with Gasteiger partial charge in [0.2, 0.25) is 0 Å². The van der Waals surface area contributed by atoms with Gasteiger partial charge in [0.15, 0.2) is 0 Å². The van der Waals surface area contributed by atoms with Crippen molar-refractivity contribution in [3.8, 4) is 5.75 Å². The predicted octanol–water partition coefficient (Wildman–Crippen LogP) is 1.62. The second-order valence-electron chi connectivity index (χ2n) is 3.67. The van der Waals surface area contributed by atoms with Gasteiger partial charge in [0.1, 0.15) is 5.75 Å².